The maximum Gasteiger partial charge on any atom is 0.287 e. The normalized spacial score (nSPS) is 16.0. The monoisotopic (exact) mass is 426 g/mol. The lowest BCUT2D eigenvalue weighted by molar-refractivity contribution is 0.0161. The van der Waals surface area contributed by atoms with Crippen molar-refractivity contribution in [3.05, 3.63) is 69.4 Å². The van der Waals surface area contributed by atoms with Gasteiger partial charge >= 0.3 is 0 Å². The highest BCUT2D eigenvalue weighted by atomic mass is 35.5. The van der Waals surface area contributed by atoms with Crippen LogP contribution in [-0.2, 0) is 4.74 Å². The first kappa shape index (κ1) is 20.9. The van der Waals surface area contributed by atoms with Crippen molar-refractivity contribution in [2.24, 2.45) is 0 Å². The fraction of sp³-hybridized carbons (Fsp3) is 0.375. The minimum absolute atomic E-state index is 0.0452. The lowest BCUT2D eigenvalue weighted by Gasteiger charge is -2.34. The zero-order valence-electron chi connectivity index (χ0n) is 17.6. The number of furan rings is 1. The molecule has 6 heteroatoms. The lowest BCUT2D eigenvalue weighted by atomic mass is 10.0. The number of ether oxygens (including phenoxy) is 1. The molecule has 1 fully saturated rings. The maximum atomic E-state index is 13.0. The van der Waals surface area contributed by atoms with E-state index in [1.54, 1.807) is 0 Å². The van der Waals surface area contributed by atoms with Crippen molar-refractivity contribution in [3.63, 3.8) is 0 Å². The lowest BCUT2D eigenvalue weighted by Crippen LogP contribution is -2.43. The molecule has 1 unspecified atom stereocenters. The van der Waals surface area contributed by atoms with Gasteiger partial charge < -0.3 is 14.5 Å². The molecule has 1 N–H and O–H groups in total. The number of morpholine rings is 1. The smallest absolute Gasteiger partial charge is 0.287 e. The number of nitrogens with zero attached hydrogens (tertiary/aromatic N) is 1. The van der Waals surface area contributed by atoms with Crippen molar-refractivity contribution in [1.82, 2.24) is 10.2 Å². The van der Waals surface area contributed by atoms with E-state index in [4.69, 9.17) is 20.8 Å². The number of benzene rings is 2. The summed E-state index contributed by atoms with van der Waals surface area (Å²) in [6.45, 7) is 9.53. The van der Waals surface area contributed by atoms with Crippen LogP contribution < -0.4 is 5.32 Å². The molecule has 2 heterocycles. The molecule has 1 aliphatic rings. The molecule has 0 spiro atoms. The molecule has 1 amide bonds. The molecule has 1 aliphatic heterocycles. The summed E-state index contributed by atoms with van der Waals surface area (Å²) in [6, 6.07) is 12.0. The number of rotatable bonds is 5. The number of hydrogen-bond acceptors (Lipinski definition) is 4. The Morgan fingerprint density at radius 1 is 1.07 bits per heavy atom. The number of halogens is 1. The molecule has 2 aromatic carbocycles. The van der Waals surface area contributed by atoms with Crippen LogP contribution in [0.5, 0.6) is 0 Å². The van der Waals surface area contributed by atoms with Gasteiger partial charge in [-0.05, 0) is 49.6 Å². The first-order chi connectivity index (χ1) is 14.5. The Balaban J connectivity index is 1.56. The summed E-state index contributed by atoms with van der Waals surface area (Å²) in [7, 11) is 0. The fourth-order valence-corrected chi connectivity index (χ4v) is 4.16. The summed E-state index contributed by atoms with van der Waals surface area (Å²) in [5, 5.41) is 4.79. The molecule has 30 heavy (non-hydrogen) atoms. The second-order valence-electron chi connectivity index (χ2n) is 7.87. The minimum atomic E-state index is -0.187. The van der Waals surface area contributed by atoms with Crippen LogP contribution in [0.4, 0.5) is 0 Å². The van der Waals surface area contributed by atoms with Crippen molar-refractivity contribution >= 4 is 28.5 Å². The van der Waals surface area contributed by atoms with E-state index in [1.807, 2.05) is 51.1 Å². The SMILES string of the molecule is Cc1ccc2c(C)c(C(=O)NCC(c3ccc(Cl)cc3)N3CCOCC3)oc2c1C. The van der Waals surface area contributed by atoms with E-state index < -0.39 is 0 Å². The first-order valence-corrected chi connectivity index (χ1v) is 10.7. The number of carbonyl (C=O) groups excluding carboxylic acids is 1. The largest absolute Gasteiger partial charge is 0.450 e. The highest BCUT2D eigenvalue weighted by Gasteiger charge is 2.25. The molecule has 1 aromatic heterocycles. The molecule has 158 valence electrons. The molecule has 0 saturated carbocycles. The van der Waals surface area contributed by atoms with Crippen LogP contribution in [0.2, 0.25) is 5.02 Å². The molecule has 3 aromatic rings. The molecular weight excluding hydrogens is 400 g/mol. The van der Waals surface area contributed by atoms with Crippen LogP contribution in [0.1, 0.15) is 38.9 Å². The minimum Gasteiger partial charge on any atom is -0.450 e. The second-order valence-corrected chi connectivity index (χ2v) is 8.30. The zero-order valence-corrected chi connectivity index (χ0v) is 18.4. The average molecular weight is 427 g/mol. The molecule has 1 atom stereocenters. The first-order valence-electron chi connectivity index (χ1n) is 10.3. The van der Waals surface area contributed by atoms with E-state index in [0.717, 1.165) is 46.3 Å². The number of amides is 1. The van der Waals surface area contributed by atoms with Crippen LogP contribution >= 0.6 is 11.6 Å². The number of nitrogens with one attached hydrogen (secondary N) is 1. The Kier molecular flexibility index (Phi) is 6.14. The standard InChI is InChI=1S/C24H27ClN2O3/c1-15-4-9-20-17(3)23(30-22(20)16(15)2)24(28)26-14-21(27-10-12-29-13-11-27)18-5-7-19(25)8-6-18/h4-9,21H,10-14H2,1-3H3,(H,26,28). The van der Waals surface area contributed by atoms with Crippen LogP contribution in [0.25, 0.3) is 11.0 Å². The summed E-state index contributed by atoms with van der Waals surface area (Å²) in [4.78, 5) is 15.4. The molecule has 5 nitrogen and oxygen atoms in total. The van der Waals surface area contributed by atoms with Gasteiger partial charge in [0.05, 0.1) is 19.3 Å². The van der Waals surface area contributed by atoms with Crippen molar-refractivity contribution in [2.45, 2.75) is 26.8 Å². The van der Waals surface area contributed by atoms with Crippen LogP contribution in [0.15, 0.2) is 40.8 Å². The summed E-state index contributed by atoms with van der Waals surface area (Å²) in [5.41, 5.74) is 5.01. The molecule has 1 saturated heterocycles. The van der Waals surface area contributed by atoms with E-state index >= 15 is 0 Å². The van der Waals surface area contributed by atoms with Gasteiger partial charge in [-0.3, -0.25) is 9.69 Å². The Bertz CT molecular complexity index is 1050. The van der Waals surface area contributed by atoms with E-state index in [9.17, 15) is 4.79 Å². The Hall–Kier alpha value is -2.34. The number of carbonyl (C=O) groups is 1. The average Bonchev–Trinajstić information content (AvgIpc) is 3.10. The Morgan fingerprint density at radius 3 is 2.47 bits per heavy atom. The van der Waals surface area contributed by atoms with Crippen molar-refractivity contribution in [1.29, 1.82) is 0 Å². The van der Waals surface area contributed by atoms with Gasteiger partial charge in [0.1, 0.15) is 5.58 Å². The highest BCUT2D eigenvalue weighted by molar-refractivity contribution is 6.30. The van der Waals surface area contributed by atoms with Crippen LogP contribution in [0.3, 0.4) is 0 Å². The zero-order chi connectivity index (χ0) is 21.3. The molecule has 0 radical (unpaired) electrons. The van der Waals surface area contributed by atoms with E-state index in [2.05, 4.69) is 16.3 Å². The summed E-state index contributed by atoms with van der Waals surface area (Å²) >= 11 is 6.07. The summed E-state index contributed by atoms with van der Waals surface area (Å²) in [6.07, 6.45) is 0. The maximum absolute atomic E-state index is 13.0. The summed E-state index contributed by atoms with van der Waals surface area (Å²) in [5.74, 6) is 0.198. The third kappa shape index (κ3) is 4.10. The summed E-state index contributed by atoms with van der Waals surface area (Å²) < 4.78 is 11.5. The third-order valence-electron chi connectivity index (χ3n) is 6.03. The molecular formula is C24H27ClN2O3. The van der Waals surface area contributed by atoms with Crippen molar-refractivity contribution < 1.29 is 13.9 Å². The van der Waals surface area contributed by atoms with Gasteiger partial charge in [-0.15, -0.1) is 0 Å². The molecule has 0 aliphatic carbocycles. The van der Waals surface area contributed by atoms with E-state index in [0.29, 0.717) is 30.5 Å². The Morgan fingerprint density at radius 2 is 1.77 bits per heavy atom. The van der Waals surface area contributed by atoms with Gasteiger partial charge in [0.25, 0.3) is 5.91 Å². The number of aryl methyl sites for hydroxylation is 3. The van der Waals surface area contributed by atoms with Crippen LogP contribution in [0, 0.1) is 20.8 Å². The van der Waals surface area contributed by atoms with Crippen LogP contribution in [-0.4, -0.2) is 43.7 Å². The van der Waals surface area contributed by atoms with Gasteiger partial charge in [0.2, 0.25) is 0 Å². The molecule has 0 bridgehead atoms. The quantitative estimate of drug-likeness (QED) is 0.635. The third-order valence-corrected chi connectivity index (χ3v) is 6.28. The topological polar surface area (TPSA) is 54.7 Å². The fourth-order valence-electron chi connectivity index (χ4n) is 4.04. The predicted molar refractivity (Wildman–Crippen MR) is 119 cm³/mol. The Labute approximate surface area is 181 Å². The van der Waals surface area contributed by atoms with E-state index in [-0.39, 0.29) is 11.9 Å². The van der Waals surface area contributed by atoms with Crippen molar-refractivity contribution in [2.75, 3.05) is 32.8 Å². The van der Waals surface area contributed by atoms with Crippen molar-refractivity contribution in [3.8, 4) is 0 Å². The number of hydrogen-bond donors (Lipinski definition) is 1. The van der Waals surface area contributed by atoms with Gasteiger partial charge in [0.15, 0.2) is 5.76 Å². The number of fused-ring (bicyclic) bond motifs is 1. The second kappa shape index (κ2) is 8.80. The van der Waals surface area contributed by atoms with Gasteiger partial charge in [0, 0.05) is 35.6 Å². The highest BCUT2D eigenvalue weighted by Crippen LogP contribution is 2.30. The van der Waals surface area contributed by atoms with E-state index in [1.165, 1.54) is 0 Å². The molecule has 4 rings (SSSR count). The predicted octanol–water partition coefficient (Wildman–Crippen LogP) is 4.81. The van der Waals surface area contributed by atoms with Gasteiger partial charge in [-0.2, -0.15) is 0 Å². The van der Waals surface area contributed by atoms with Gasteiger partial charge in [-0.25, -0.2) is 0 Å². The van der Waals surface area contributed by atoms with Gasteiger partial charge in [-0.1, -0.05) is 35.9 Å².